The van der Waals surface area contributed by atoms with E-state index in [1.807, 2.05) is 17.0 Å². The molecule has 0 aliphatic carbocycles. The first-order valence-corrected chi connectivity index (χ1v) is 9.13. The van der Waals surface area contributed by atoms with E-state index in [1.54, 1.807) is 0 Å². The highest BCUT2D eigenvalue weighted by Crippen LogP contribution is 2.28. The van der Waals surface area contributed by atoms with Gasteiger partial charge in [-0.25, -0.2) is 0 Å². The molecule has 26 heavy (non-hydrogen) atoms. The number of hydrogen-bond donors (Lipinski definition) is 3. The van der Waals surface area contributed by atoms with Gasteiger partial charge in [-0.15, -0.1) is 0 Å². The number of carbonyl (C=O) groups is 3. The Morgan fingerprint density at radius 3 is 2.46 bits per heavy atom. The number of carboxylic acids is 1. The summed E-state index contributed by atoms with van der Waals surface area (Å²) in [5.74, 6) is -0.867. The minimum absolute atomic E-state index is 0.121. The molecule has 0 bridgehead atoms. The fourth-order valence-corrected chi connectivity index (χ4v) is 3.66. The third-order valence-electron chi connectivity index (χ3n) is 5.23. The van der Waals surface area contributed by atoms with Crippen LogP contribution in [0, 0.1) is 5.92 Å². The molecule has 0 radical (unpaired) electrons. The Hall–Kier alpha value is -2.41. The number of benzene rings is 1. The van der Waals surface area contributed by atoms with Gasteiger partial charge in [0, 0.05) is 18.7 Å². The second-order valence-electron chi connectivity index (χ2n) is 7.10. The zero-order chi connectivity index (χ0) is 18.5. The molecule has 2 fully saturated rings. The van der Waals surface area contributed by atoms with Crippen LogP contribution in [0.3, 0.4) is 0 Å². The van der Waals surface area contributed by atoms with Crippen LogP contribution in [0.15, 0.2) is 24.3 Å². The molecule has 3 N–H and O–H groups in total. The van der Waals surface area contributed by atoms with Gasteiger partial charge in [0.1, 0.15) is 0 Å². The van der Waals surface area contributed by atoms with Crippen molar-refractivity contribution in [2.75, 3.05) is 31.5 Å². The molecule has 2 aliphatic rings. The largest absolute Gasteiger partial charge is 0.480 e. The number of carbonyl (C=O) groups excluding carboxylic acids is 2. The maximum absolute atomic E-state index is 11.8. The molecule has 1 atom stereocenters. The van der Waals surface area contributed by atoms with Crippen molar-refractivity contribution < 1.29 is 19.5 Å². The molecule has 7 heteroatoms. The smallest absolute Gasteiger partial charge is 0.317 e. The molecular formula is C19H25N3O4. The number of imide groups is 1. The summed E-state index contributed by atoms with van der Waals surface area (Å²) < 4.78 is 0. The van der Waals surface area contributed by atoms with Crippen molar-refractivity contribution in [1.82, 2.24) is 10.2 Å². The minimum Gasteiger partial charge on any atom is -0.480 e. The maximum atomic E-state index is 11.8. The summed E-state index contributed by atoms with van der Waals surface area (Å²) in [7, 11) is 0. The van der Waals surface area contributed by atoms with E-state index < -0.39 is 5.97 Å². The van der Waals surface area contributed by atoms with E-state index in [2.05, 4.69) is 22.8 Å². The van der Waals surface area contributed by atoms with Crippen molar-refractivity contribution in [2.24, 2.45) is 5.92 Å². The van der Waals surface area contributed by atoms with Gasteiger partial charge in [-0.05, 0) is 56.0 Å². The second kappa shape index (κ2) is 8.31. The summed E-state index contributed by atoms with van der Waals surface area (Å²) in [4.78, 5) is 35.7. The number of amides is 2. The van der Waals surface area contributed by atoms with Crippen LogP contribution in [0.5, 0.6) is 0 Å². The van der Waals surface area contributed by atoms with E-state index in [0.717, 1.165) is 31.6 Å². The normalized spacial score (nSPS) is 22.1. The lowest BCUT2D eigenvalue weighted by molar-refractivity contribution is -0.139. The van der Waals surface area contributed by atoms with Gasteiger partial charge in [0.15, 0.2) is 0 Å². The summed E-state index contributed by atoms with van der Waals surface area (Å²) in [6.45, 7) is 2.26. The predicted octanol–water partition coefficient (Wildman–Crippen LogP) is 1.42. The Bertz CT molecular complexity index is 666. The molecule has 0 aromatic heterocycles. The van der Waals surface area contributed by atoms with Crippen molar-refractivity contribution in [2.45, 2.75) is 31.6 Å². The van der Waals surface area contributed by atoms with Crippen LogP contribution in [0.25, 0.3) is 0 Å². The van der Waals surface area contributed by atoms with Crippen LogP contribution >= 0.6 is 0 Å². The first-order chi connectivity index (χ1) is 12.5. The Balaban J connectivity index is 1.47. The molecule has 2 amide bonds. The maximum Gasteiger partial charge on any atom is 0.317 e. The number of carboxylic acid groups (broad SMARTS) is 1. The molecule has 0 saturated carbocycles. The highest BCUT2D eigenvalue weighted by atomic mass is 16.4. The number of likely N-dealkylation sites (tertiary alicyclic amines) is 1. The summed E-state index contributed by atoms with van der Waals surface area (Å²) in [5.41, 5.74) is 2.23. The van der Waals surface area contributed by atoms with Gasteiger partial charge >= 0.3 is 5.97 Å². The Labute approximate surface area is 152 Å². The quantitative estimate of drug-likeness (QED) is 0.665. The first-order valence-electron chi connectivity index (χ1n) is 9.13. The molecule has 0 spiro atoms. The molecule has 2 saturated heterocycles. The average molecular weight is 359 g/mol. The SMILES string of the molecule is O=C(O)CN1CCC(c2ccc(NCC3CCC(=O)NC3=O)cc2)CC1. The number of rotatable bonds is 6. The van der Waals surface area contributed by atoms with Crippen LogP contribution in [0.4, 0.5) is 5.69 Å². The monoisotopic (exact) mass is 359 g/mol. The molecule has 2 heterocycles. The number of anilines is 1. The molecule has 1 aromatic carbocycles. The number of piperidine rings is 2. The van der Waals surface area contributed by atoms with Gasteiger partial charge in [0.25, 0.3) is 0 Å². The molecule has 140 valence electrons. The first kappa shape index (κ1) is 18.4. The fraction of sp³-hybridized carbons (Fsp3) is 0.526. The number of aliphatic carboxylic acids is 1. The van der Waals surface area contributed by atoms with E-state index in [0.29, 0.717) is 25.3 Å². The fourth-order valence-electron chi connectivity index (χ4n) is 3.66. The second-order valence-corrected chi connectivity index (χ2v) is 7.10. The van der Waals surface area contributed by atoms with Crippen LogP contribution in [-0.2, 0) is 14.4 Å². The van der Waals surface area contributed by atoms with Crippen molar-refractivity contribution in [3.63, 3.8) is 0 Å². The van der Waals surface area contributed by atoms with Crippen molar-refractivity contribution in [3.05, 3.63) is 29.8 Å². The standard InChI is InChI=1S/C19H25N3O4/c23-17-6-3-15(19(26)21-17)11-20-16-4-1-13(2-5-16)14-7-9-22(10-8-14)12-18(24)25/h1-2,4-5,14-15,20H,3,6-12H2,(H,24,25)(H,21,23,26). The molecule has 7 nitrogen and oxygen atoms in total. The van der Waals surface area contributed by atoms with E-state index in [-0.39, 0.29) is 24.3 Å². The van der Waals surface area contributed by atoms with Gasteiger partial charge in [0.05, 0.1) is 12.5 Å². The lowest BCUT2D eigenvalue weighted by Gasteiger charge is -2.31. The Morgan fingerprint density at radius 2 is 1.85 bits per heavy atom. The van der Waals surface area contributed by atoms with E-state index >= 15 is 0 Å². The van der Waals surface area contributed by atoms with E-state index in [1.165, 1.54) is 5.56 Å². The van der Waals surface area contributed by atoms with E-state index in [4.69, 9.17) is 5.11 Å². The third-order valence-corrected chi connectivity index (χ3v) is 5.23. The Kier molecular flexibility index (Phi) is 5.88. The van der Waals surface area contributed by atoms with Crippen LogP contribution in [-0.4, -0.2) is 54.0 Å². The van der Waals surface area contributed by atoms with Gasteiger partial charge in [-0.2, -0.15) is 0 Å². The van der Waals surface area contributed by atoms with Crippen LogP contribution in [0.2, 0.25) is 0 Å². The minimum atomic E-state index is -0.769. The molecule has 1 aromatic rings. The van der Waals surface area contributed by atoms with Gasteiger partial charge in [-0.1, -0.05) is 12.1 Å². The predicted molar refractivity (Wildman–Crippen MR) is 96.9 cm³/mol. The van der Waals surface area contributed by atoms with Gasteiger partial charge < -0.3 is 10.4 Å². The topological polar surface area (TPSA) is 98.7 Å². The van der Waals surface area contributed by atoms with Crippen molar-refractivity contribution >= 4 is 23.5 Å². The lowest BCUT2D eigenvalue weighted by atomic mass is 9.89. The van der Waals surface area contributed by atoms with Crippen LogP contribution < -0.4 is 10.6 Å². The molecule has 3 rings (SSSR count). The Morgan fingerprint density at radius 1 is 1.15 bits per heavy atom. The average Bonchev–Trinajstić information content (AvgIpc) is 2.62. The number of nitrogens with zero attached hydrogens (tertiary/aromatic N) is 1. The summed E-state index contributed by atoms with van der Waals surface area (Å²) >= 11 is 0. The molecule has 2 aliphatic heterocycles. The summed E-state index contributed by atoms with van der Waals surface area (Å²) in [6.07, 6.45) is 2.93. The molecule has 1 unspecified atom stereocenters. The van der Waals surface area contributed by atoms with Gasteiger partial charge in [-0.3, -0.25) is 24.6 Å². The van der Waals surface area contributed by atoms with Crippen molar-refractivity contribution in [3.8, 4) is 0 Å². The van der Waals surface area contributed by atoms with E-state index in [9.17, 15) is 14.4 Å². The third kappa shape index (κ3) is 4.82. The van der Waals surface area contributed by atoms with Crippen LogP contribution in [0.1, 0.15) is 37.2 Å². The molecular weight excluding hydrogens is 334 g/mol. The number of hydrogen-bond acceptors (Lipinski definition) is 5. The zero-order valence-electron chi connectivity index (χ0n) is 14.7. The number of nitrogens with one attached hydrogen (secondary N) is 2. The summed E-state index contributed by atoms with van der Waals surface area (Å²) in [6, 6.07) is 8.24. The van der Waals surface area contributed by atoms with Gasteiger partial charge in [0.2, 0.25) is 11.8 Å². The highest BCUT2D eigenvalue weighted by Gasteiger charge is 2.26. The lowest BCUT2D eigenvalue weighted by Crippen LogP contribution is -2.43. The highest BCUT2D eigenvalue weighted by molar-refractivity contribution is 5.98. The van der Waals surface area contributed by atoms with Crippen molar-refractivity contribution in [1.29, 1.82) is 0 Å². The zero-order valence-corrected chi connectivity index (χ0v) is 14.7. The summed E-state index contributed by atoms with van der Waals surface area (Å²) in [5, 5.41) is 14.5.